The van der Waals surface area contributed by atoms with Crippen LogP contribution in [0.25, 0.3) is 11.0 Å². The molecule has 7 heteroatoms. The summed E-state index contributed by atoms with van der Waals surface area (Å²) in [4.78, 5) is 4.16. The Morgan fingerprint density at radius 1 is 1.37 bits per heavy atom. The molecule has 1 aromatic heterocycles. The van der Waals surface area contributed by atoms with Gasteiger partial charge in [-0.25, -0.2) is 4.98 Å². The zero-order valence-corrected chi connectivity index (χ0v) is 10.4. The molecule has 1 aromatic carbocycles. The van der Waals surface area contributed by atoms with E-state index in [1.165, 1.54) is 0 Å². The second-order valence-electron chi connectivity index (χ2n) is 4.28. The highest BCUT2D eigenvalue weighted by molar-refractivity contribution is 5.79. The number of fused-ring (bicyclic) bond motifs is 1. The summed E-state index contributed by atoms with van der Waals surface area (Å²) in [6.45, 7) is 0.851. The highest BCUT2D eigenvalue weighted by Gasteiger charge is 2.27. The van der Waals surface area contributed by atoms with Crippen LogP contribution in [0.4, 0.5) is 19.1 Å². The van der Waals surface area contributed by atoms with Crippen molar-refractivity contribution in [2.24, 2.45) is 0 Å². The Labute approximate surface area is 108 Å². The Morgan fingerprint density at radius 2 is 2.11 bits per heavy atom. The number of hydrogen-bond donors (Lipinski definition) is 1. The lowest BCUT2D eigenvalue weighted by atomic mass is 10.2. The number of ether oxygens (including phenoxy) is 1. The highest BCUT2D eigenvalue weighted by Crippen LogP contribution is 2.19. The van der Waals surface area contributed by atoms with Gasteiger partial charge in [0.25, 0.3) is 0 Å². The molecule has 0 amide bonds. The fourth-order valence-electron chi connectivity index (χ4n) is 1.84. The fourth-order valence-corrected chi connectivity index (χ4v) is 1.84. The number of benzene rings is 1. The fraction of sp³-hybridized carbons (Fsp3) is 0.417. The molecule has 4 nitrogen and oxygen atoms in total. The maximum Gasteiger partial charge on any atom is 0.411 e. The van der Waals surface area contributed by atoms with Crippen LogP contribution in [0.2, 0.25) is 0 Å². The van der Waals surface area contributed by atoms with Crippen LogP contribution in [0.3, 0.4) is 0 Å². The number of aromatic nitrogens is 2. The van der Waals surface area contributed by atoms with Gasteiger partial charge in [-0.05, 0) is 24.6 Å². The zero-order valence-electron chi connectivity index (χ0n) is 10.4. The average molecular weight is 273 g/mol. The summed E-state index contributed by atoms with van der Waals surface area (Å²) in [5, 5.41) is 0. The highest BCUT2D eigenvalue weighted by atomic mass is 19.4. The lowest BCUT2D eigenvalue weighted by Crippen LogP contribution is -2.19. The standard InChI is InChI=1S/C12H14F3N3O/c1-8-2-3-10-9(6-8)17-11(16)18(10)4-5-19-7-12(13,14)15/h2-3,6H,4-5,7H2,1H3,(H2,16,17). The van der Waals surface area contributed by atoms with E-state index in [0.29, 0.717) is 0 Å². The number of alkyl halides is 3. The molecule has 2 rings (SSSR count). The Balaban J connectivity index is 2.06. The van der Waals surface area contributed by atoms with Gasteiger partial charge < -0.3 is 15.0 Å². The molecule has 2 N–H and O–H groups in total. The van der Waals surface area contributed by atoms with E-state index < -0.39 is 12.8 Å². The third-order valence-electron chi connectivity index (χ3n) is 2.66. The van der Waals surface area contributed by atoms with Gasteiger partial charge in [-0.15, -0.1) is 0 Å². The number of imidazole rings is 1. The second-order valence-corrected chi connectivity index (χ2v) is 4.28. The third-order valence-corrected chi connectivity index (χ3v) is 2.66. The first-order valence-electron chi connectivity index (χ1n) is 5.74. The van der Waals surface area contributed by atoms with Crippen molar-refractivity contribution in [1.82, 2.24) is 9.55 Å². The minimum Gasteiger partial charge on any atom is -0.370 e. The zero-order chi connectivity index (χ0) is 14.0. The summed E-state index contributed by atoms with van der Waals surface area (Å²) >= 11 is 0. The van der Waals surface area contributed by atoms with Crippen molar-refractivity contribution in [2.45, 2.75) is 19.6 Å². The predicted octanol–water partition coefficient (Wildman–Crippen LogP) is 2.51. The lowest BCUT2D eigenvalue weighted by Gasteiger charge is -2.09. The number of nitrogens with two attached hydrogens (primary N) is 1. The molecule has 1 heterocycles. The van der Waals surface area contributed by atoms with Crippen LogP contribution in [0.15, 0.2) is 18.2 Å². The van der Waals surface area contributed by atoms with Gasteiger partial charge in [0.2, 0.25) is 5.95 Å². The number of nitrogens with zero attached hydrogens (tertiary/aromatic N) is 2. The van der Waals surface area contributed by atoms with E-state index in [-0.39, 0.29) is 19.1 Å². The Morgan fingerprint density at radius 3 is 2.79 bits per heavy atom. The largest absolute Gasteiger partial charge is 0.411 e. The van der Waals surface area contributed by atoms with Crippen molar-refractivity contribution < 1.29 is 17.9 Å². The SMILES string of the molecule is Cc1ccc2c(c1)nc(N)n2CCOCC(F)(F)F. The van der Waals surface area contributed by atoms with Gasteiger partial charge in [-0.3, -0.25) is 0 Å². The molecule has 19 heavy (non-hydrogen) atoms. The molecule has 2 aromatic rings. The van der Waals surface area contributed by atoms with E-state index in [0.717, 1.165) is 16.6 Å². The summed E-state index contributed by atoms with van der Waals surface area (Å²) in [6, 6.07) is 5.62. The molecular weight excluding hydrogens is 259 g/mol. The van der Waals surface area contributed by atoms with Crippen LogP contribution >= 0.6 is 0 Å². The maximum absolute atomic E-state index is 11.9. The lowest BCUT2D eigenvalue weighted by molar-refractivity contribution is -0.174. The van der Waals surface area contributed by atoms with Crippen molar-refractivity contribution in [3.8, 4) is 0 Å². The van der Waals surface area contributed by atoms with Crippen LogP contribution in [-0.2, 0) is 11.3 Å². The number of halogens is 3. The number of hydrogen-bond acceptors (Lipinski definition) is 3. The van der Waals surface area contributed by atoms with Crippen molar-refractivity contribution >= 4 is 17.0 Å². The van der Waals surface area contributed by atoms with Crippen LogP contribution in [0, 0.1) is 6.92 Å². The Bertz CT molecular complexity index is 577. The van der Waals surface area contributed by atoms with Crippen LogP contribution in [0.5, 0.6) is 0 Å². The Hall–Kier alpha value is -1.76. The van der Waals surface area contributed by atoms with Crippen molar-refractivity contribution in [1.29, 1.82) is 0 Å². The monoisotopic (exact) mass is 273 g/mol. The minimum atomic E-state index is -4.31. The summed E-state index contributed by atoms with van der Waals surface area (Å²) in [5.41, 5.74) is 8.31. The molecule has 0 unspecified atom stereocenters. The molecule has 0 atom stereocenters. The summed E-state index contributed by atoms with van der Waals surface area (Å²) in [5.74, 6) is 0.274. The Kier molecular flexibility index (Phi) is 3.66. The minimum absolute atomic E-state index is 0.0664. The van der Waals surface area contributed by atoms with E-state index in [9.17, 15) is 13.2 Å². The van der Waals surface area contributed by atoms with Gasteiger partial charge in [0.05, 0.1) is 17.6 Å². The van der Waals surface area contributed by atoms with E-state index in [2.05, 4.69) is 9.72 Å². The third kappa shape index (κ3) is 3.37. The van der Waals surface area contributed by atoms with E-state index >= 15 is 0 Å². The first kappa shape index (κ1) is 13.7. The summed E-state index contributed by atoms with van der Waals surface area (Å²) in [6.07, 6.45) is -4.31. The van der Waals surface area contributed by atoms with Crippen LogP contribution in [-0.4, -0.2) is 28.9 Å². The molecule has 0 saturated carbocycles. The van der Waals surface area contributed by atoms with Gasteiger partial charge in [0.15, 0.2) is 0 Å². The van der Waals surface area contributed by atoms with Gasteiger partial charge in [-0.1, -0.05) is 6.07 Å². The first-order valence-corrected chi connectivity index (χ1v) is 5.74. The van der Waals surface area contributed by atoms with E-state index in [4.69, 9.17) is 5.73 Å². The van der Waals surface area contributed by atoms with E-state index in [1.807, 2.05) is 25.1 Å². The smallest absolute Gasteiger partial charge is 0.370 e. The summed E-state index contributed by atoms with van der Waals surface area (Å²) in [7, 11) is 0. The molecule has 0 spiro atoms. The number of anilines is 1. The molecule has 0 bridgehead atoms. The predicted molar refractivity (Wildman–Crippen MR) is 65.8 cm³/mol. The second kappa shape index (κ2) is 5.08. The molecular formula is C12H14F3N3O. The normalized spacial score (nSPS) is 12.2. The molecule has 0 fully saturated rings. The molecule has 0 aliphatic carbocycles. The van der Waals surface area contributed by atoms with Crippen LogP contribution in [0.1, 0.15) is 5.56 Å². The molecule has 0 radical (unpaired) electrons. The maximum atomic E-state index is 11.9. The van der Waals surface area contributed by atoms with Crippen LogP contribution < -0.4 is 5.73 Å². The van der Waals surface area contributed by atoms with E-state index in [1.54, 1.807) is 4.57 Å². The van der Waals surface area contributed by atoms with Crippen molar-refractivity contribution in [2.75, 3.05) is 18.9 Å². The topological polar surface area (TPSA) is 53.1 Å². The molecule has 0 aliphatic rings. The van der Waals surface area contributed by atoms with Crippen molar-refractivity contribution in [3.63, 3.8) is 0 Å². The number of nitrogen functional groups attached to an aromatic ring is 1. The molecule has 0 saturated heterocycles. The van der Waals surface area contributed by atoms with Gasteiger partial charge in [0, 0.05) is 6.54 Å². The number of rotatable bonds is 4. The first-order chi connectivity index (χ1) is 8.87. The number of aryl methyl sites for hydroxylation is 1. The average Bonchev–Trinajstić information content (AvgIpc) is 2.58. The summed E-state index contributed by atoms with van der Waals surface area (Å²) < 4.78 is 42.0. The quantitative estimate of drug-likeness (QED) is 0.871. The van der Waals surface area contributed by atoms with Gasteiger partial charge in [0.1, 0.15) is 6.61 Å². The van der Waals surface area contributed by atoms with Gasteiger partial charge in [-0.2, -0.15) is 13.2 Å². The molecule has 0 aliphatic heterocycles. The van der Waals surface area contributed by atoms with Crippen molar-refractivity contribution in [3.05, 3.63) is 23.8 Å². The molecule has 104 valence electrons. The van der Waals surface area contributed by atoms with Gasteiger partial charge >= 0.3 is 6.18 Å².